The molecule has 1 amide bonds. The van der Waals surface area contributed by atoms with Gasteiger partial charge >= 0.3 is 0 Å². The monoisotopic (exact) mass is 353 g/mol. The van der Waals surface area contributed by atoms with E-state index in [4.69, 9.17) is 4.99 Å². The molecule has 1 fully saturated rings. The van der Waals surface area contributed by atoms with Crippen molar-refractivity contribution in [3.05, 3.63) is 96.1 Å². The summed E-state index contributed by atoms with van der Waals surface area (Å²) in [5.41, 5.74) is 4.12. The molecule has 1 unspecified atom stereocenters. The minimum atomic E-state index is -0.250. The second-order valence-electron chi connectivity index (χ2n) is 6.88. The maximum Gasteiger partial charge on any atom is 0.257 e. The van der Waals surface area contributed by atoms with Crippen LogP contribution in [-0.4, -0.2) is 22.8 Å². The maximum absolute atomic E-state index is 13.4. The molecule has 0 bridgehead atoms. The van der Waals surface area contributed by atoms with Crippen LogP contribution < -0.4 is 4.90 Å². The van der Waals surface area contributed by atoms with Crippen LogP contribution in [0.3, 0.4) is 0 Å². The molecule has 3 aromatic rings. The molecule has 4 heteroatoms. The van der Waals surface area contributed by atoms with E-state index in [1.165, 1.54) is 0 Å². The first-order valence-corrected chi connectivity index (χ1v) is 9.17. The molecule has 3 aromatic carbocycles. The lowest BCUT2D eigenvalue weighted by atomic mass is 10.0. The standard InChI is InChI=1S/C23H19N3O/c27-22-21(15-17-9-3-1-4-10-17)25-16-18-11-7-8-14-20(18)24-23(25)26(22)19-12-5-2-6-13-19/h1-14,21H,15-16H2. The second-order valence-corrected chi connectivity index (χ2v) is 6.88. The maximum atomic E-state index is 13.4. The van der Waals surface area contributed by atoms with E-state index in [-0.39, 0.29) is 11.9 Å². The molecule has 4 nitrogen and oxygen atoms in total. The van der Waals surface area contributed by atoms with Gasteiger partial charge in [-0.25, -0.2) is 9.89 Å². The molecule has 2 aliphatic rings. The van der Waals surface area contributed by atoms with Gasteiger partial charge in [0.15, 0.2) is 0 Å². The molecule has 0 N–H and O–H groups in total. The first-order valence-electron chi connectivity index (χ1n) is 9.17. The summed E-state index contributed by atoms with van der Waals surface area (Å²) in [6.45, 7) is 0.696. The Bertz CT molecular complexity index is 1010. The number of hydrogen-bond acceptors (Lipinski definition) is 3. The van der Waals surface area contributed by atoms with Crippen LogP contribution in [0.15, 0.2) is 89.9 Å². The van der Waals surface area contributed by atoms with E-state index in [0.717, 1.165) is 28.5 Å². The minimum Gasteiger partial charge on any atom is -0.325 e. The topological polar surface area (TPSA) is 35.9 Å². The number of para-hydroxylation sites is 2. The Kier molecular flexibility index (Phi) is 3.75. The van der Waals surface area contributed by atoms with Gasteiger partial charge < -0.3 is 4.90 Å². The molecule has 1 saturated heterocycles. The average Bonchev–Trinajstić information content (AvgIpc) is 2.98. The van der Waals surface area contributed by atoms with Crippen molar-refractivity contribution in [2.45, 2.75) is 19.0 Å². The van der Waals surface area contributed by atoms with E-state index in [1.54, 1.807) is 4.90 Å². The van der Waals surface area contributed by atoms with Crippen LogP contribution in [0.5, 0.6) is 0 Å². The second kappa shape index (κ2) is 6.40. The van der Waals surface area contributed by atoms with Crippen molar-refractivity contribution in [3.63, 3.8) is 0 Å². The molecule has 27 heavy (non-hydrogen) atoms. The van der Waals surface area contributed by atoms with Crippen molar-refractivity contribution >= 4 is 23.2 Å². The van der Waals surface area contributed by atoms with Crippen molar-refractivity contribution < 1.29 is 4.79 Å². The molecular weight excluding hydrogens is 334 g/mol. The molecule has 0 spiro atoms. The molecule has 1 atom stereocenters. The molecular formula is C23H19N3O. The summed E-state index contributed by atoms with van der Waals surface area (Å²) < 4.78 is 0. The predicted octanol–water partition coefficient (Wildman–Crippen LogP) is 4.15. The Morgan fingerprint density at radius 1 is 0.852 bits per heavy atom. The third kappa shape index (κ3) is 2.70. The van der Waals surface area contributed by atoms with E-state index in [9.17, 15) is 4.79 Å². The minimum absolute atomic E-state index is 0.0802. The van der Waals surface area contributed by atoms with Gasteiger partial charge in [0, 0.05) is 13.0 Å². The van der Waals surface area contributed by atoms with Crippen molar-refractivity contribution in [1.29, 1.82) is 0 Å². The first-order chi connectivity index (χ1) is 13.3. The number of rotatable bonds is 3. The number of amides is 1. The van der Waals surface area contributed by atoms with Gasteiger partial charge in [-0.05, 0) is 29.3 Å². The Balaban J connectivity index is 1.60. The zero-order valence-corrected chi connectivity index (χ0v) is 14.8. The van der Waals surface area contributed by atoms with Crippen molar-refractivity contribution in [1.82, 2.24) is 4.90 Å². The van der Waals surface area contributed by atoms with E-state index >= 15 is 0 Å². The van der Waals surface area contributed by atoms with Crippen LogP contribution in [-0.2, 0) is 17.8 Å². The van der Waals surface area contributed by atoms with Crippen LogP contribution in [0.1, 0.15) is 11.1 Å². The van der Waals surface area contributed by atoms with Gasteiger partial charge in [0.25, 0.3) is 5.91 Å². The number of benzene rings is 3. The van der Waals surface area contributed by atoms with Gasteiger partial charge in [-0.1, -0.05) is 66.7 Å². The molecule has 0 radical (unpaired) electrons. The third-order valence-corrected chi connectivity index (χ3v) is 5.18. The highest BCUT2D eigenvalue weighted by Gasteiger charge is 2.45. The first kappa shape index (κ1) is 15.8. The summed E-state index contributed by atoms with van der Waals surface area (Å²) in [7, 11) is 0. The quantitative estimate of drug-likeness (QED) is 0.709. The highest BCUT2D eigenvalue weighted by atomic mass is 16.2. The molecule has 0 aliphatic carbocycles. The molecule has 132 valence electrons. The van der Waals surface area contributed by atoms with Crippen molar-refractivity contribution in [3.8, 4) is 0 Å². The molecule has 5 rings (SSSR count). The summed E-state index contributed by atoms with van der Waals surface area (Å²) >= 11 is 0. The number of carbonyl (C=O) groups is 1. The van der Waals surface area contributed by atoms with Gasteiger partial charge in [-0.15, -0.1) is 0 Å². The highest BCUT2D eigenvalue weighted by molar-refractivity contribution is 6.24. The van der Waals surface area contributed by atoms with Crippen molar-refractivity contribution in [2.75, 3.05) is 4.90 Å². The molecule has 2 aliphatic heterocycles. The summed E-state index contributed by atoms with van der Waals surface area (Å²) in [5.74, 6) is 0.808. The van der Waals surface area contributed by atoms with Gasteiger partial charge in [-0.3, -0.25) is 4.79 Å². The van der Waals surface area contributed by atoms with Gasteiger partial charge in [0.1, 0.15) is 6.04 Å². The Morgan fingerprint density at radius 2 is 1.52 bits per heavy atom. The summed E-state index contributed by atoms with van der Waals surface area (Å²) in [6.07, 6.45) is 0.671. The fourth-order valence-corrected chi connectivity index (χ4v) is 3.84. The molecule has 0 saturated carbocycles. The number of carbonyl (C=O) groups excluding carboxylic acids is 1. The average molecular weight is 353 g/mol. The number of fused-ring (bicyclic) bond motifs is 2. The van der Waals surface area contributed by atoms with E-state index in [1.807, 2.05) is 66.7 Å². The number of anilines is 1. The summed E-state index contributed by atoms with van der Waals surface area (Å²) in [6, 6.07) is 27.8. The third-order valence-electron chi connectivity index (χ3n) is 5.18. The lowest BCUT2D eigenvalue weighted by molar-refractivity contribution is -0.119. The number of hydrogen-bond donors (Lipinski definition) is 0. The van der Waals surface area contributed by atoms with Gasteiger partial charge in [0.05, 0.1) is 11.4 Å². The SMILES string of the molecule is O=C1C(Cc2ccccc2)N2Cc3ccccc3N=C2N1c1ccccc1. The van der Waals surface area contributed by atoms with E-state index in [0.29, 0.717) is 13.0 Å². The number of nitrogens with zero attached hydrogens (tertiary/aromatic N) is 3. The van der Waals surface area contributed by atoms with Crippen LogP contribution in [0, 0.1) is 0 Å². The number of aliphatic imine (C=N–C) groups is 1. The van der Waals surface area contributed by atoms with Gasteiger partial charge in [0.2, 0.25) is 5.96 Å². The predicted molar refractivity (Wildman–Crippen MR) is 107 cm³/mol. The van der Waals surface area contributed by atoms with Crippen molar-refractivity contribution in [2.24, 2.45) is 4.99 Å². The van der Waals surface area contributed by atoms with E-state index in [2.05, 4.69) is 23.1 Å². The van der Waals surface area contributed by atoms with Crippen LogP contribution in [0.2, 0.25) is 0 Å². The Morgan fingerprint density at radius 3 is 2.30 bits per heavy atom. The normalized spacial score (nSPS) is 18.1. The fourth-order valence-electron chi connectivity index (χ4n) is 3.84. The highest BCUT2D eigenvalue weighted by Crippen LogP contribution is 2.35. The Labute approximate surface area is 158 Å². The number of guanidine groups is 1. The van der Waals surface area contributed by atoms with Gasteiger partial charge in [-0.2, -0.15) is 0 Å². The Hall–Kier alpha value is -3.40. The summed E-state index contributed by atoms with van der Waals surface area (Å²) in [4.78, 5) is 22.2. The lowest BCUT2D eigenvalue weighted by Gasteiger charge is -2.29. The van der Waals surface area contributed by atoms with Crippen LogP contribution >= 0.6 is 0 Å². The molecule has 0 aromatic heterocycles. The lowest BCUT2D eigenvalue weighted by Crippen LogP contribution is -2.38. The van der Waals surface area contributed by atoms with E-state index < -0.39 is 0 Å². The van der Waals surface area contributed by atoms with Crippen LogP contribution in [0.25, 0.3) is 0 Å². The summed E-state index contributed by atoms with van der Waals surface area (Å²) in [5, 5.41) is 0. The zero-order valence-electron chi connectivity index (χ0n) is 14.8. The molecule has 2 heterocycles. The largest absolute Gasteiger partial charge is 0.325 e. The van der Waals surface area contributed by atoms with Crippen LogP contribution in [0.4, 0.5) is 11.4 Å². The zero-order chi connectivity index (χ0) is 18.2. The smallest absolute Gasteiger partial charge is 0.257 e. The fraction of sp³-hybridized carbons (Fsp3) is 0.130.